The Morgan fingerprint density at radius 1 is 1.28 bits per heavy atom. The largest absolute Gasteiger partial charge is 0.347 e. The summed E-state index contributed by atoms with van der Waals surface area (Å²) < 4.78 is 1.12. The van der Waals surface area contributed by atoms with Crippen molar-refractivity contribution in [2.24, 2.45) is 5.92 Å². The fourth-order valence-electron chi connectivity index (χ4n) is 3.90. The lowest BCUT2D eigenvalue weighted by atomic mass is 9.79. The van der Waals surface area contributed by atoms with E-state index in [-0.39, 0.29) is 11.9 Å². The maximum absolute atomic E-state index is 12.7. The molecule has 2 aromatic heterocycles. The third-order valence-corrected chi connectivity index (χ3v) is 7.58. The van der Waals surface area contributed by atoms with E-state index in [9.17, 15) is 4.79 Å². The Balaban J connectivity index is 1.41. The summed E-state index contributed by atoms with van der Waals surface area (Å²) in [7, 11) is 0. The van der Waals surface area contributed by atoms with Crippen LogP contribution in [0.15, 0.2) is 39.6 Å². The number of amides is 1. The molecule has 2 bridgehead atoms. The molecule has 0 saturated carbocycles. The van der Waals surface area contributed by atoms with Gasteiger partial charge in [-0.1, -0.05) is 11.8 Å². The molecule has 1 N–H and O–H groups in total. The number of nitrogens with one attached hydrogen (secondary N) is 1. The van der Waals surface area contributed by atoms with Gasteiger partial charge in [-0.15, -0.1) is 11.3 Å². The van der Waals surface area contributed by atoms with Crippen LogP contribution < -0.4 is 5.32 Å². The Hall–Kier alpha value is -1.37. The average Bonchev–Trinajstić information content (AvgIpc) is 3.09. The maximum Gasteiger partial charge on any atom is 0.261 e. The van der Waals surface area contributed by atoms with E-state index in [1.165, 1.54) is 25.9 Å². The van der Waals surface area contributed by atoms with E-state index in [2.05, 4.69) is 28.2 Å². The van der Waals surface area contributed by atoms with E-state index in [4.69, 9.17) is 0 Å². The molecule has 2 aromatic rings. The summed E-state index contributed by atoms with van der Waals surface area (Å²) in [6.45, 7) is 6.60. The summed E-state index contributed by atoms with van der Waals surface area (Å²) >= 11 is 3.22. The summed E-state index contributed by atoms with van der Waals surface area (Å²) in [5.74, 6) is 0.709. The van der Waals surface area contributed by atoms with Gasteiger partial charge in [0, 0.05) is 28.9 Å². The third kappa shape index (κ3) is 3.61. The van der Waals surface area contributed by atoms with Gasteiger partial charge in [-0.25, -0.2) is 0 Å². The Kier molecular flexibility index (Phi) is 4.84. The molecule has 0 unspecified atom stereocenters. The van der Waals surface area contributed by atoms with E-state index in [0.29, 0.717) is 12.0 Å². The predicted octanol–water partition coefficient (Wildman–Crippen LogP) is 3.82. The Labute approximate surface area is 157 Å². The average molecular weight is 374 g/mol. The van der Waals surface area contributed by atoms with Crippen molar-refractivity contribution in [3.8, 4) is 0 Å². The normalized spacial score (nSPS) is 28.1. The molecule has 2 atom stereocenters. The number of pyridine rings is 1. The van der Waals surface area contributed by atoms with E-state index in [1.807, 2.05) is 31.3 Å². The number of aryl methyl sites for hydroxylation is 1. The topological polar surface area (TPSA) is 45.2 Å². The number of hydrogen-bond acceptors (Lipinski definition) is 5. The Morgan fingerprint density at radius 3 is 2.76 bits per heavy atom. The van der Waals surface area contributed by atoms with Crippen LogP contribution in [0.3, 0.4) is 0 Å². The van der Waals surface area contributed by atoms with Gasteiger partial charge in [-0.05, 0) is 70.0 Å². The second kappa shape index (κ2) is 7.09. The van der Waals surface area contributed by atoms with Crippen molar-refractivity contribution < 1.29 is 4.79 Å². The number of fused-ring (bicyclic) bond motifs is 3. The molecule has 3 fully saturated rings. The molecular weight excluding hydrogens is 350 g/mol. The first-order valence-electron chi connectivity index (χ1n) is 8.85. The van der Waals surface area contributed by atoms with Crippen LogP contribution in [0.2, 0.25) is 0 Å². The first-order chi connectivity index (χ1) is 12.1. The van der Waals surface area contributed by atoms with Gasteiger partial charge in [0.25, 0.3) is 5.91 Å². The predicted molar refractivity (Wildman–Crippen MR) is 102 cm³/mol. The van der Waals surface area contributed by atoms with E-state index < -0.39 is 0 Å². The van der Waals surface area contributed by atoms with E-state index in [0.717, 1.165) is 19.7 Å². The molecular formula is C19H23N3OS2. The minimum atomic E-state index is 0.0736. The van der Waals surface area contributed by atoms with Gasteiger partial charge in [0.2, 0.25) is 0 Å². The zero-order valence-corrected chi connectivity index (χ0v) is 16.2. The van der Waals surface area contributed by atoms with Gasteiger partial charge < -0.3 is 5.32 Å². The summed E-state index contributed by atoms with van der Waals surface area (Å²) in [4.78, 5) is 21.4. The molecule has 6 heteroatoms. The number of carbonyl (C=O) groups is 1. The number of thiophene rings is 1. The molecule has 1 amide bonds. The van der Waals surface area contributed by atoms with Crippen molar-refractivity contribution in [3.05, 3.63) is 41.0 Å². The highest BCUT2D eigenvalue weighted by atomic mass is 32.2. The van der Waals surface area contributed by atoms with Crippen LogP contribution in [-0.4, -0.2) is 41.0 Å². The first-order valence-corrected chi connectivity index (χ1v) is 10.5. The number of piperidine rings is 3. The molecule has 25 heavy (non-hydrogen) atoms. The molecule has 132 valence electrons. The quantitative estimate of drug-likeness (QED) is 0.885. The van der Waals surface area contributed by atoms with Crippen molar-refractivity contribution in [2.45, 2.75) is 47.9 Å². The zero-order chi connectivity index (χ0) is 17.4. The Bertz CT molecular complexity index is 748. The van der Waals surface area contributed by atoms with Crippen molar-refractivity contribution >= 4 is 29.0 Å². The highest BCUT2D eigenvalue weighted by Crippen LogP contribution is 2.35. The molecule has 5 rings (SSSR count). The van der Waals surface area contributed by atoms with Crippen LogP contribution in [0.4, 0.5) is 0 Å². The van der Waals surface area contributed by atoms with Crippen LogP contribution in [0, 0.1) is 12.8 Å². The summed E-state index contributed by atoms with van der Waals surface area (Å²) in [5, 5.41) is 3.31. The van der Waals surface area contributed by atoms with Gasteiger partial charge in [-0.3, -0.25) is 14.7 Å². The van der Waals surface area contributed by atoms with Gasteiger partial charge in [0.15, 0.2) is 0 Å². The van der Waals surface area contributed by atoms with Gasteiger partial charge >= 0.3 is 0 Å². The standard InChI is InChI=1S/C19H23N3OS2/c1-12-3-4-15(11-20-12)24-17-6-5-16(25-17)19(23)21-18-13(2)22-9-7-14(18)8-10-22/h3-6,11,13-14,18H,7-10H2,1-2H3,(H,21,23)/t13-,18-/m0/s1. The SMILES string of the molecule is Cc1ccc(Sc2ccc(C(=O)N[C@@H]3C4CCN(CC4)[C@H]3C)s2)cn1. The van der Waals surface area contributed by atoms with Gasteiger partial charge in [0.1, 0.15) is 0 Å². The molecule has 0 spiro atoms. The van der Waals surface area contributed by atoms with E-state index >= 15 is 0 Å². The molecule has 0 radical (unpaired) electrons. The second-order valence-corrected chi connectivity index (χ2v) is 9.43. The summed E-state index contributed by atoms with van der Waals surface area (Å²) in [6, 6.07) is 8.79. The smallest absolute Gasteiger partial charge is 0.261 e. The molecule has 3 aliphatic heterocycles. The number of aromatic nitrogens is 1. The van der Waals surface area contributed by atoms with Crippen molar-refractivity contribution in [1.29, 1.82) is 0 Å². The van der Waals surface area contributed by atoms with Crippen molar-refractivity contribution in [3.63, 3.8) is 0 Å². The van der Waals surface area contributed by atoms with Crippen LogP contribution >= 0.6 is 23.1 Å². The third-order valence-electron chi connectivity index (χ3n) is 5.38. The highest BCUT2D eigenvalue weighted by Gasteiger charge is 2.40. The number of carbonyl (C=O) groups excluding carboxylic acids is 1. The lowest BCUT2D eigenvalue weighted by Crippen LogP contribution is -2.62. The fourth-order valence-corrected chi connectivity index (χ4v) is 5.87. The van der Waals surface area contributed by atoms with Crippen molar-refractivity contribution in [1.82, 2.24) is 15.2 Å². The zero-order valence-electron chi connectivity index (χ0n) is 14.6. The molecule has 3 aliphatic rings. The number of hydrogen-bond donors (Lipinski definition) is 1. The Morgan fingerprint density at radius 2 is 2.08 bits per heavy atom. The molecule has 0 aliphatic carbocycles. The van der Waals surface area contributed by atoms with Crippen LogP contribution in [-0.2, 0) is 0 Å². The summed E-state index contributed by atoms with van der Waals surface area (Å²) in [5.41, 5.74) is 1.02. The fraction of sp³-hybridized carbons (Fsp3) is 0.474. The maximum atomic E-state index is 12.7. The number of nitrogens with zero attached hydrogens (tertiary/aromatic N) is 2. The van der Waals surface area contributed by atoms with Crippen LogP contribution in [0.1, 0.15) is 35.1 Å². The van der Waals surface area contributed by atoms with Gasteiger partial charge in [-0.2, -0.15) is 0 Å². The second-order valence-electron chi connectivity index (χ2n) is 6.97. The first kappa shape index (κ1) is 17.1. The number of rotatable bonds is 4. The van der Waals surface area contributed by atoms with E-state index in [1.54, 1.807) is 23.1 Å². The lowest BCUT2D eigenvalue weighted by molar-refractivity contribution is 0.0218. The summed E-state index contributed by atoms with van der Waals surface area (Å²) in [6.07, 6.45) is 4.30. The van der Waals surface area contributed by atoms with Crippen LogP contribution in [0.25, 0.3) is 0 Å². The van der Waals surface area contributed by atoms with Gasteiger partial charge in [0.05, 0.1) is 9.09 Å². The molecule has 4 nitrogen and oxygen atoms in total. The lowest BCUT2D eigenvalue weighted by Gasteiger charge is -2.49. The highest BCUT2D eigenvalue weighted by molar-refractivity contribution is 8.01. The monoisotopic (exact) mass is 373 g/mol. The minimum Gasteiger partial charge on any atom is -0.347 e. The molecule has 5 heterocycles. The minimum absolute atomic E-state index is 0.0736. The molecule has 3 saturated heterocycles. The van der Waals surface area contributed by atoms with Crippen molar-refractivity contribution in [2.75, 3.05) is 13.1 Å². The molecule has 0 aromatic carbocycles. The van der Waals surface area contributed by atoms with Crippen LogP contribution in [0.5, 0.6) is 0 Å².